The quantitative estimate of drug-likeness (QED) is 0.382. The minimum absolute atomic E-state index is 0.630. The number of rotatable bonds is 2. The maximum absolute atomic E-state index is 3.67. The highest BCUT2D eigenvalue weighted by Gasteiger charge is 1.98. The van der Waals surface area contributed by atoms with Crippen LogP contribution >= 0.6 is 9.24 Å². The molecule has 0 aliphatic heterocycles. The zero-order valence-corrected chi connectivity index (χ0v) is 6.17. The molecule has 0 aromatic rings. The van der Waals surface area contributed by atoms with Gasteiger partial charge in [0.15, 0.2) is 0 Å². The average molecular weight is 116 g/mol. The van der Waals surface area contributed by atoms with Crippen LogP contribution in [0, 0.1) is 5.92 Å². The highest BCUT2D eigenvalue weighted by Crippen LogP contribution is 2.11. The lowest BCUT2D eigenvalue weighted by molar-refractivity contribution is 0.718. The average Bonchev–Trinajstić information content (AvgIpc) is 1.65. The molecule has 0 saturated heterocycles. The Morgan fingerprint density at radius 3 is 2.00 bits per heavy atom. The smallest absolute Gasteiger partial charge is 0.0204 e. The van der Waals surface area contributed by atoms with E-state index < -0.39 is 0 Å². The van der Waals surface area contributed by atoms with Gasteiger partial charge in [0.2, 0.25) is 0 Å². The van der Waals surface area contributed by atoms with Crippen LogP contribution in [0.5, 0.6) is 0 Å². The fraction of sp³-hybridized carbons (Fsp3) is 0.667. The minimum Gasteiger partial charge on any atom is -0.134 e. The van der Waals surface area contributed by atoms with Crippen molar-refractivity contribution >= 4 is 9.24 Å². The Hall–Kier alpha value is 0.170. The summed E-state index contributed by atoms with van der Waals surface area (Å²) in [6.07, 6.45) is 1.97. The molecule has 0 bridgehead atoms. The monoisotopic (exact) mass is 116 g/mol. The summed E-state index contributed by atoms with van der Waals surface area (Å²) < 4.78 is 0. The molecule has 0 nitrogen and oxygen atoms in total. The third kappa shape index (κ3) is 2.82. The second kappa shape index (κ2) is 3.21. The van der Waals surface area contributed by atoms with E-state index in [0.29, 0.717) is 11.6 Å². The van der Waals surface area contributed by atoms with Crippen molar-refractivity contribution in [2.45, 2.75) is 19.5 Å². The SMILES string of the molecule is C=CC(C)C(C)P. The lowest BCUT2D eigenvalue weighted by atomic mass is 10.1. The van der Waals surface area contributed by atoms with E-state index in [0.717, 1.165) is 0 Å². The van der Waals surface area contributed by atoms with E-state index in [2.05, 4.69) is 29.7 Å². The summed E-state index contributed by atoms with van der Waals surface area (Å²) in [5.41, 5.74) is 0.664. The molecule has 0 aromatic carbocycles. The summed E-state index contributed by atoms with van der Waals surface area (Å²) in [5.74, 6) is 0.630. The summed E-state index contributed by atoms with van der Waals surface area (Å²) in [4.78, 5) is 0. The van der Waals surface area contributed by atoms with Crippen molar-refractivity contribution in [2.24, 2.45) is 5.92 Å². The second-order valence-corrected chi connectivity index (χ2v) is 3.01. The van der Waals surface area contributed by atoms with Gasteiger partial charge in [-0.1, -0.05) is 19.9 Å². The van der Waals surface area contributed by atoms with Crippen LogP contribution in [0.4, 0.5) is 0 Å². The van der Waals surface area contributed by atoms with Gasteiger partial charge in [-0.05, 0) is 11.6 Å². The van der Waals surface area contributed by atoms with E-state index in [9.17, 15) is 0 Å². The maximum atomic E-state index is 3.67. The first-order valence-corrected chi connectivity index (χ1v) is 3.23. The predicted octanol–water partition coefficient (Wildman–Crippen LogP) is 2.07. The van der Waals surface area contributed by atoms with Crippen molar-refractivity contribution in [1.29, 1.82) is 0 Å². The van der Waals surface area contributed by atoms with Gasteiger partial charge in [0, 0.05) is 0 Å². The van der Waals surface area contributed by atoms with Gasteiger partial charge in [0.25, 0.3) is 0 Å². The van der Waals surface area contributed by atoms with Crippen molar-refractivity contribution < 1.29 is 0 Å². The van der Waals surface area contributed by atoms with Gasteiger partial charge in [-0.15, -0.1) is 15.8 Å². The lowest BCUT2D eigenvalue weighted by Gasteiger charge is -2.07. The Labute approximate surface area is 48.2 Å². The Bertz CT molecular complexity index is 57.2. The van der Waals surface area contributed by atoms with Gasteiger partial charge < -0.3 is 0 Å². The third-order valence-electron chi connectivity index (χ3n) is 1.20. The molecule has 3 unspecified atom stereocenters. The van der Waals surface area contributed by atoms with Crippen molar-refractivity contribution in [1.82, 2.24) is 0 Å². The molecule has 0 aliphatic rings. The first-order chi connectivity index (χ1) is 3.18. The van der Waals surface area contributed by atoms with Gasteiger partial charge in [-0.25, -0.2) is 0 Å². The molecule has 7 heavy (non-hydrogen) atoms. The Morgan fingerprint density at radius 2 is 2.00 bits per heavy atom. The molecule has 0 aromatic heterocycles. The fourth-order valence-corrected chi connectivity index (χ4v) is 0.372. The van der Waals surface area contributed by atoms with E-state index in [1.807, 2.05) is 6.08 Å². The summed E-state index contributed by atoms with van der Waals surface area (Å²) in [6.45, 7) is 7.99. The van der Waals surface area contributed by atoms with Crippen LogP contribution < -0.4 is 0 Å². The molecule has 0 radical (unpaired) electrons. The van der Waals surface area contributed by atoms with E-state index in [-0.39, 0.29) is 0 Å². The standard InChI is InChI=1S/C6H13P/c1-4-5(2)6(3)7/h4-6H,1,7H2,2-3H3. The summed E-state index contributed by atoms with van der Waals surface area (Å²) >= 11 is 0. The van der Waals surface area contributed by atoms with Crippen LogP contribution in [0.25, 0.3) is 0 Å². The Balaban J connectivity index is 3.33. The molecule has 0 N–H and O–H groups in total. The molecular formula is C6H13P. The molecule has 1 heteroatoms. The third-order valence-corrected chi connectivity index (χ3v) is 1.81. The molecule has 0 heterocycles. The number of hydrogen-bond acceptors (Lipinski definition) is 0. The Morgan fingerprint density at radius 1 is 1.57 bits per heavy atom. The molecule has 0 aliphatic carbocycles. The largest absolute Gasteiger partial charge is 0.134 e. The van der Waals surface area contributed by atoms with Crippen molar-refractivity contribution in [2.75, 3.05) is 0 Å². The van der Waals surface area contributed by atoms with Crippen molar-refractivity contribution in [3.05, 3.63) is 12.7 Å². The topological polar surface area (TPSA) is 0 Å². The van der Waals surface area contributed by atoms with E-state index in [1.165, 1.54) is 0 Å². The number of allylic oxidation sites excluding steroid dienone is 1. The number of hydrogen-bond donors (Lipinski definition) is 0. The lowest BCUT2D eigenvalue weighted by Crippen LogP contribution is -2.00. The molecule has 0 rings (SSSR count). The molecule has 42 valence electrons. The van der Waals surface area contributed by atoms with Crippen LogP contribution in [-0.4, -0.2) is 5.66 Å². The molecular weight excluding hydrogens is 103 g/mol. The molecule has 0 saturated carbocycles. The van der Waals surface area contributed by atoms with Crippen molar-refractivity contribution in [3.8, 4) is 0 Å². The Kier molecular flexibility index (Phi) is 3.29. The van der Waals surface area contributed by atoms with Gasteiger partial charge in [0.05, 0.1) is 0 Å². The van der Waals surface area contributed by atoms with Gasteiger partial charge in [-0.2, -0.15) is 0 Å². The molecule has 3 atom stereocenters. The zero-order chi connectivity index (χ0) is 5.86. The van der Waals surface area contributed by atoms with E-state index >= 15 is 0 Å². The molecule has 0 amide bonds. The highest BCUT2D eigenvalue weighted by atomic mass is 31.0. The molecule has 0 spiro atoms. The second-order valence-electron chi connectivity index (χ2n) is 1.95. The normalized spacial score (nSPS) is 18.1. The predicted molar refractivity (Wildman–Crippen MR) is 38.5 cm³/mol. The summed E-state index contributed by atoms with van der Waals surface area (Å²) in [7, 11) is 2.75. The minimum atomic E-state index is 0.630. The first kappa shape index (κ1) is 7.17. The summed E-state index contributed by atoms with van der Waals surface area (Å²) in [6, 6.07) is 0. The van der Waals surface area contributed by atoms with Crippen LogP contribution in [0.15, 0.2) is 12.7 Å². The van der Waals surface area contributed by atoms with Gasteiger partial charge in [0.1, 0.15) is 0 Å². The highest BCUT2D eigenvalue weighted by molar-refractivity contribution is 7.17. The molecule has 0 fully saturated rings. The van der Waals surface area contributed by atoms with Crippen LogP contribution in [0.1, 0.15) is 13.8 Å². The first-order valence-electron chi connectivity index (χ1n) is 2.56. The van der Waals surface area contributed by atoms with Gasteiger partial charge >= 0.3 is 0 Å². The maximum Gasteiger partial charge on any atom is -0.0204 e. The van der Waals surface area contributed by atoms with Gasteiger partial charge in [-0.3, -0.25) is 0 Å². The van der Waals surface area contributed by atoms with Crippen molar-refractivity contribution in [3.63, 3.8) is 0 Å². The van der Waals surface area contributed by atoms with Crippen LogP contribution in [0.2, 0.25) is 0 Å². The van der Waals surface area contributed by atoms with E-state index in [1.54, 1.807) is 0 Å². The van der Waals surface area contributed by atoms with Crippen LogP contribution in [-0.2, 0) is 0 Å². The van der Waals surface area contributed by atoms with Crippen LogP contribution in [0.3, 0.4) is 0 Å². The summed E-state index contributed by atoms with van der Waals surface area (Å²) in [5, 5.41) is 0. The zero-order valence-electron chi connectivity index (χ0n) is 5.02. The fourth-order valence-electron chi connectivity index (χ4n) is 0.215. The van der Waals surface area contributed by atoms with E-state index in [4.69, 9.17) is 0 Å².